The van der Waals surface area contributed by atoms with E-state index in [9.17, 15) is 0 Å². The molecule has 0 radical (unpaired) electrons. The van der Waals surface area contributed by atoms with Crippen molar-refractivity contribution in [3.05, 3.63) is 0 Å². The molecule has 1 aliphatic rings. The van der Waals surface area contributed by atoms with Crippen molar-refractivity contribution in [2.75, 3.05) is 26.8 Å². The van der Waals surface area contributed by atoms with Gasteiger partial charge >= 0.3 is 0 Å². The summed E-state index contributed by atoms with van der Waals surface area (Å²) in [6.07, 6.45) is 1.21. The van der Waals surface area contributed by atoms with E-state index in [1.54, 1.807) is 0 Å². The topological polar surface area (TPSA) is 24.5 Å². The van der Waals surface area contributed by atoms with Crippen LogP contribution in [0.25, 0.3) is 0 Å². The first kappa shape index (κ1) is 13.9. The number of ether oxygens (including phenoxy) is 1. The maximum absolute atomic E-state index is 5.38. The van der Waals surface area contributed by atoms with Crippen molar-refractivity contribution in [2.45, 2.75) is 52.2 Å². The Morgan fingerprint density at radius 3 is 2.62 bits per heavy atom. The highest BCUT2D eigenvalue weighted by molar-refractivity contribution is 4.88. The highest BCUT2D eigenvalue weighted by Gasteiger charge is 2.31. The third kappa shape index (κ3) is 3.44. The number of nitrogens with one attached hydrogen (secondary N) is 1. The van der Waals surface area contributed by atoms with Crippen LogP contribution in [0, 0.1) is 5.92 Å². The van der Waals surface area contributed by atoms with Crippen LogP contribution in [0.1, 0.15) is 34.1 Å². The minimum Gasteiger partial charge on any atom is -0.383 e. The minimum atomic E-state index is 0.555. The van der Waals surface area contributed by atoms with Crippen LogP contribution in [0.2, 0.25) is 0 Å². The van der Waals surface area contributed by atoms with Gasteiger partial charge in [-0.15, -0.1) is 0 Å². The third-order valence-electron chi connectivity index (χ3n) is 3.66. The van der Waals surface area contributed by atoms with Gasteiger partial charge in [0.2, 0.25) is 0 Å². The number of piperazine rings is 1. The van der Waals surface area contributed by atoms with E-state index in [2.05, 4.69) is 37.9 Å². The molecule has 0 bridgehead atoms. The summed E-state index contributed by atoms with van der Waals surface area (Å²) in [6, 6.07) is 1.82. The maximum atomic E-state index is 5.38. The molecule has 3 nitrogen and oxygen atoms in total. The van der Waals surface area contributed by atoms with Crippen molar-refractivity contribution in [2.24, 2.45) is 5.92 Å². The predicted molar refractivity (Wildman–Crippen MR) is 68.8 cm³/mol. The first-order valence-corrected chi connectivity index (χ1v) is 6.58. The zero-order valence-corrected chi connectivity index (χ0v) is 11.5. The minimum absolute atomic E-state index is 0.555. The van der Waals surface area contributed by atoms with Crippen LogP contribution in [0.3, 0.4) is 0 Å². The van der Waals surface area contributed by atoms with Gasteiger partial charge in [-0.25, -0.2) is 0 Å². The third-order valence-corrected chi connectivity index (χ3v) is 3.66. The number of nitrogens with zero attached hydrogens (tertiary/aromatic N) is 1. The van der Waals surface area contributed by atoms with E-state index in [0.717, 1.165) is 19.7 Å². The molecular weight excluding hydrogens is 200 g/mol. The van der Waals surface area contributed by atoms with Gasteiger partial charge in [0.15, 0.2) is 0 Å². The highest BCUT2D eigenvalue weighted by Crippen LogP contribution is 2.19. The van der Waals surface area contributed by atoms with Gasteiger partial charge in [-0.3, -0.25) is 4.90 Å². The molecule has 3 atom stereocenters. The van der Waals surface area contributed by atoms with Crippen LogP contribution < -0.4 is 5.32 Å². The standard InChI is InChI=1S/C13H28N2O/c1-6-12-7-14-11(4)8-15(12)13(9-16-5)10(2)3/h10-14H,6-9H2,1-5H3. The Morgan fingerprint density at radius 1 is 1.44 bits per heavy atom. The zero-order chi connectivity index (χ0) is 12.1. The molecular formula is C13H28N2O. The monoisotopic (exact) mass is 228 g/mol. The van der Waals surface area contributed by atoms with Gasteiger partial charge < -0.3 is 10.1 Å². The second-order valence-electron chi connectivity index (χ2n) is 5.33. The van der Waals surface area contributed by atoms with Crippen molar-refractivity contribution in [3.63, 3.8) is 0 Å². The Morgan fingerprint density at radius 2 is 2.12 bits per heavy atom. The fourth-order valence-corrected chi connectivity index (χ4v) is 2.61. The summed E-state index contributed by atoms with van der Waals surface area (Å²) in [7, 11) is 1.81. The molecule has 1 fully saturated rings. The molecule has 3 heteroatoms. The Balaban J connectivity index is 2.69. The molecule has 0 aromatic rings. The highest BCUT2D eigenvalue weighted by atomic mass is 16.5. The smallest absolute Gasteiger partial charge is 0.0620 e. The number of methoxy groups -OCH3 is 1. The van der Waals surface area contributed by atoms with Gasteiger partial charge in [-0.05, 0) is 19.3 Å². The predicted octanol–water partition coefficient (Wildman–Crippen LogP) is 1.73. The van der Waals surface area contributed by atoms with Gasteiger partial charge in [0.25, 0.3) is 0 Å². The van der Waals surface area contributed by atoms with Gasteiger partial charge in [0, 0.05) is 38.3 Å². The molecule has 3 unspecified atom stereocenters. The summed E-state index contributed by atoms with van der Waals surface area (Å²) in [4.78, 5) is 2.65. The average molecular weight is 228 g/mol. The van der Waals surface area contributed by atoms with Crippen LogP contribution in [-0.2, 0) is 4.74 Å². The quantitative estimate of drug-likeness (QED) is 0.775. The Hall–Kier alpha value is -0.120. The van der Waals surface area contributed by atoms with Crippen LogP contribution >= 0.6 is 0 Å². The number of hydrogen-bond acceptors (Lipinski definition) is 3. The second kappa shape index (κ2) is 6.58. The lowest BCUT2D eigenvalue weighted by Gasteiger charge is -2.45. The van der Waals surface area contributed by atoms with E-state index in [0.29, 0.717) is 24.0 Å². The Kier molecular flexibility index (Phi) is 5.73. The van der Waals surface area contributed by atoms with E-state index in [-0.39, 0.29) is 0 Å². The van der Waals surface area contributed by atoms with Crippen molar-refractivity contribution in [1.82, 2.24) is 10.2 Å². The fourth-order valence-electron chi connectivity index (χ4n) is 2.61. The summed E-state index contributed by atoms with van der Waals surface area (Å²) in [5.74, 6) is 0.652. The molecule has 96 valence electrons. The van der Waals surface area contributed by atoms with Crippen molar-refractivity contribution < 1.29 is 4.74 Å². The number of rotatable bonds is 5. The average Bonchev–Trinajstić information content (AvgIpc) is 2.25. The summed E-state index contributed by atoms with van der Waals surface area (Å²) >= 11 is 0. The van der Waals surface area contributed by atoms with Crippen LogP contribution in [0.15, 0.2) is 0 Å². The molecule has 0 spiro atoms. The Labute approximate surface area is 101 Å². The van der Waals surface area contributed by atoms with E-state index >= 15 is 0 Å². The maximum Gasteiger partial charge on any atom is 0.0620 e. The van der Waals surface area contributed by atoms with Crippen LogP contribution in [0.4, 0.5) is 0 Å². The molecule has 1 heterocycles. The number of hydrogen-bond donors (Lipinski definition) is 1. The van der Waals surface area contributed by atoms with Gasteiger partial charge in [-0.1, -0.05) is 20.8 Å². The van der Waals surface area contributed by atoms with Crippen molar-refractivity contribution in [1.29, 1.82) is 0 Å². The molecule has 0 aromatic heterocycles. The Bertz CT molecular complexity index is 196. The van der Waals surface area contributed by atoms with Crippen molar-refractivity contribution in [3.8, 4) is 0 Å². The van der Waals surface area contributed by atoms with Gasteiger partial charge in [0.05, 0.1) is 6.61 Å². The zero-order valence-electron chi connectivity index (χ0n) is 11.5. The lowest BCUT2D eigenvalue weighted by atomic mass is 9.97. The lowest BCUT2D eigenvalue weighted by Crippen LogP contribution is -2.60. The molecule has 1 rings (SSSR count). The van der Waals surface area contributed by atoms with Gasteiger partial charge in [-0.2, -0.15) is 0 Å². The van der Waals surface area contributed by atoms with Gasteiger partial charge in [0.1, 0.15) is 0 Å². The first-order valence-electron chi connectivity index (χ1n) is 6.58. The summed E-state index contributed by atoms with van der Waals surface area (Å²) < 4.78 is 5.38. The fraction of sp³-hybridized carbons (Fsp3) is 1.00. The summed E-state index contributed by atoms with van der Waals surface area (Å²) in [5, 5.41) is 3.57. The second-order valence-corrected chi connectivity index (χ2v) is 5.33. The summed E-state index contributed by atoms with van der Waals surface area (Å²) in [5.41, 5.74) is 0. The molecule has 0 aromatic carbocycles. The van der Waals surface area contributed by atoms with E-state index in [1.165, 1.54) is 6.42 Å². The molecule has 1 saturated heterocycles. The van der Waals surface area contributed by atoms with Crippen molar-refractivity contribution >= 4 is 0 Å². The molecule has 16 heavy (non-hydrogen) atoms. The lowest BCUT2D eigenvalue weighted by molar-refractivity contribution is 0.0131. The molecule has 0 amide bonds. The van der Waals surface area contributed by atoms with E-state index in [4.69, 9.17) is 4.74 Å². The van der Waals surface area contributed by atoms with E-state index < -0.39 is 0 Å². The molecule has 1 aliphatic heterocycles. The summed E-state index contributed by atoms with van der Waals surface area (Å²) in [6.45, 7) is 12.2. The molecule has 1 N–H and O–H groups in total. The SMILES string of the molecule is CCC1CNC(C)CN1C(COC)C(C)C. The van der Waals surface area contributed by atoms with Crippen LogP contribution in [-0.4, -0.2) is 49.8 Å². The normalized spacial score (nSPS) is 29.6. The molecule has 0 saturated carbocycles. The first-order chi connectivity index (χ1) is 7.60. The molecule has 0 aliphatic carbocycles. The largest absolute Gasteiger partial charge is 0.383 e. The van der Waals surface area contributed by atoms with E-state index in [1.807, 2.05) is 7.11 Å². The van der Waals surface area contributed by atoms with Crippen LogP contribution in [0.5, 0.6) is 0 Å².